The third-order valence-corrected chi connectivity index (χ3v) is 3.82. The molecule has 0 amide bonds. The van der Waals surface area contributed by atoms with Crippen LogP contribution in [0.25, 0.3) is 0 Å². The Morgan fingerprint density at radius 1 is 1.23 bits per heavy atom. The van der Waals surface area contributed by atoms with E-state index in [0.717, 1.165) is 32.4 Å². The predicted octanol–water partition coefficient (Wildman–Crippen LogP) is 2.55. The smallest absolute Gasteiger partial charge is 0.293 e. The van der Waals surface area contributed by atoms with Crippen molar-refractivity contribution in [1.29, 1.82) is 0 Å². The Morgan fingerprint density at radius 2 is 1.82 bits per heavy atom. The Balaban J connectivity index is 0.000000295. The number of hydrogen-bond donors (Lipinski definition) is 2. The molecule has 0 spiro atoms. The van der Waals surface area contributed by atoms with Gasteiger partial charge in [-0.3, -0.25) is 4.79 Å². The zero-order valence-corrected chi connectivity index (χ0v) is 14.0. The molecule has 22 heavy (non-hydrogen) atoms. The normalized spacial score (nSPS) is 17.1. The standard InChI is InChI=1S/C13H19NO.C5H10O2/c15-11-13(6-8-14-9-7-13)10-12-4-2-1-3-5-12;1-5(2,3)7-4-6/h1-5,14-15H,6-11H2;4H,1-3H3. The minimum atomic E-state index is -0.318. The maximum atomic E-state index is 9.60. The molecule has 4 nitrogen and oxygen atoms in total. The molecule has 124 valence electrons. The highest BCUT2D eigenvalue weighted by molar-refractivity contribution is 5.37. The van der Waals surface area contributed by atoms with E-state index >= 15 is 0 Å². The fourth-order valence-electron chi connectivity index (χ4n) is 2.52. The van der Waals surface area contributed by atoms with Gasteiger partial charge in [0, 0.05) is 6.61 Å². The van der Waals surface area contributed by atoms with Crippen LogP contribution in [0.4, 0.5) is 0 Å². The van der Waals surface area contributed by atoms with Crippen LogP contribution in [0.15, 0.2) is 30.3 Å². The van der Waals surface area contributed by atoms with Crippen molar-refractivity contribution in [2.75, 3.05) is 19.7 Å². The van der Waals surface area contributed by atoms with Gasteiger partial charge in [0.05, 0.1) is 0 Å². The predicted molar refractivity (Wildman–Crippen MR) is 88.7 cm³/mol. The molecule has 0 radical (unpaired) electrons. The number of hydrogen-bond acceptors (Lipinski definition) is 4. The van der Waals surface area contributed by atoms with Gasteiger partial charge in [-0.25, -0.2) is 0 Å². The molecule has 0 aliphatic carbocycles. The van der Waals surface area contributed by atoms with Gasteiger partial charge >= 0.3 is 0 Å². The number of rotatable bonds is 4. The molecule has 1 saturated heterocycles. The van der Waals surface area contributed by atoms with Gasteiger partial charge in [0.1, 0.15) is 5.60 Å². The Labute approximate surface area is 133 Å². The van der Waals surface area contributed by atoms with Gasteiger partial charge < -0.3 is 15.2 Å². The van der Waals surface area contributed by atoms with Crippen LogP contribution in [-0.2, 0) is 16.0 Å². The van der Waals surface area contributed by atoms with Crippen molar-refractivity contribution in [3.05, 3.63) is 35.9 Å². The van der Waals surface area contributed by atoms with Crippen molar-refractivity contribution in [2.45, 2.75) is 45.6 Å². The quantitative estimate of drug-likeness (QED) is 0.839. The van der Waals surface area contributed by atoms with E-state index in [-0.39, 0.29) is 11.0 Å². The minimum absolute atomic E-state index is 0.118. The summed E-state index contributed by atoms with van der Waals surface area (Å²) in [7, 11) is 0. The third-order valence-electron chi connectivity index (χ3n) is 3.82. The average Bonchev–Trinajstić information content (AvgIpc) is 2.49. The molecule has 0 saturated carbocycles. The number of benzene rings is 1. The van der Waals surface area contributed by atoms with Gasteiger partial charge in [0.15, 0.2) is 0 Å². The number of ether oxygens (including phenoxy) is 1. The maximum Gasteiger partial charge on any atom is 0.293 e. The van der Waals surface area contributed by atoms with Crippen LogP contribution < -0.4 is 5.32 Å². The summed E-state index contributed by atoms with van der Waals surface area (Å²) in [5.74, 6) is 0. The Morgan fingerprint density at radius 3 is 2.23 bits per heavy atom. The van der Waals surface area contributed by atoms with Crippen LogP contribution >= 0.6 is 0 Å². The fourth-order valence-corrected chi connectivity index (χ4v) is 2.52. The van der Waals surface area contributed by atoms with Crippen LogP contribution in [0.1, 0.15) is 39.2 Å². The van der Waals surface area contributed by atoms with Crippen LogP contribution in [0, 0.1) is 5.41 Å². The monoisotopic (exact) mass is 307 g/mol. The zero-order valence-electron chi connectivity index (χ0n) is 14.0. The van der Waals surface area contributed by atoms with Crippen LogP contribution in [0.2, 0.25) is 0 Å². The molecule has 4 heteroatoms. The molecule has 1 aliphatic rings. The molecule has 2 N–H and O–H groups in total. The second kappa shape index (κ2) is 8.91. The van der Waals surface area contributed by atoms with Gasteiger partial charge in [0.25, 0.3) is 6.47 Å². The van der Waals surface area contributed by atoms with E-state index in [1.54, 1.807) is 0 Å². The minimum Gasteiger partial charge on any atom is -0.462 e. The Kier molecular flexibility index (Phi) is 7.56. The lowest BCUT2D eigenvalue weighted by molar-refractivity contribution is -0.138. The lowest BCUT2D eigenvalue weighted by Crippen LogP contribution is -2.40. The second-order valence-corrected chi connectivity index (χ2v) is 6.90. The van der Waals surface area contributed by atoms with Crippen molar-refractivity contribution in [1.82, 2.24) is 5.32 Å². The molecular formula is C18H29NO3. The summed E-state index contributed by atoms with van der Waals surface area (Å²) in [6.07, 6.45) is 3.17. The highest BCUT2D eigenvalue weighted by Crippen LogP contribution is 2.32. The van der Waals surface area contributed by atoms with Gasteiger partial charge in [-0.1, -0.05) is 30.3 Å². The van der Waals surface area contributed by atoms with Crippen molar-refractivity contribution in [3.63, 3.8) is 0 Å². The van der Waals surface area contributed by atoms with E-state index < -0.39 is 0 Å². The number of aliphatic hydroxyl groups excluding tert-OH is 1. The second-order valence-electron chi connectivity index (χ2n) is 6.90. The molecule has 1 heterocycles. The van der Waals surface area contributed by atoms with E-state index in [1.807, 2.05) is 26.8 Å². The average molecular weight is 307 g/mol. The Hall–Kier alpha value is -1.39. The zero-order chi connectivity index (χ0) is 16.5. The number of piperidine rings is 1. The molecule has 0 atom stereocenters. The summed E-state index contributed by atoms with van der Waals surface area (Å²) in [4.78, 5) is 9.60. The summed E-state index contributed by atoms with van der Waals surface area (Å²) in [5, 5.41) is 12.9. The lowest BCUT2D eigenvalue weighted by atomic mass is 9.75. The third kappa shape index (κ3) is 7.05. The van der Waals surface area contributed by atoms with Crippen molar-refractivity contribution in [3.8, 4) is 0 Å². The largest absolute Gasteiger partial charge is 0.462 e. The lowest BCUT2D eigenvalue weighted by Gasteiger charge is -2.36. The molecule has 0 aromatic heterocycles. The first kappa shape index (κ1) is 18.7. The summed E-state index contributed by atoms with van der Waals surface area (Å²) < 4.78 is 4.55. The van der Waals surface area contributed by atoms with Crippen LogP contribution in [0.3, 0.4) is 0 Å². The van der Waals surface area contributed by atoms with E-state index in [9.17, 15) is 9.90 Å². The number of aliphatic hydroxyl groups is 1. The first-order valence-corrected chi connectivity index (χ1v) is 7.88. The van der Waals surface area contributed by atoms with Gasteiger partial charge in [0.2, 0.25) is 0 Å². The van der Waals surface area contributed by atoms with Crippen molar-refractivity contribution < 1.29 is 14.6 Å². The van der Waals surface area contributed by atoms with Gasteiger partial charge in [-0.15, -0.1) is 0 Å². The van der Waals surface area contributed by atoms with E-state index in [1.165, 1.54) is 5.56 Å². The van der Waals surface area contributed by atoms with Gasteiger partial charge in [-0.2, -0.15) is 0 Å². The molecule has 2 rings (SSSR count). The van der Waals surface area contributed by atoms with Crippen molar-refractivity contribution in [2.24, 2.45) is 5.41 Å². The fraction of sp³-hybridized carbons (Fsp3) is 0.611. The van der Waals surface area contributed by atoms with E-state index in [2.05, 4.69) is 34.3 Å². The number of nitrogens with one attached hydrogen (secondary N) is 1. The Bertz CT molecular complexity index is 420. The van der Waals surface area contributed by atoms with Crippen molar-refractivity contribution >= 4 is 6.47 Å². The highest BCUT2D eigenvalue weighted by Gasteiger charge is 2.31. The summed E-state index contributed by atoms with van der Waals surface area (Å²) >= 11 is 0. The van der Waals surface area contributed by atoms with Crippen LogP contribution in [-0.4, -0.2) is 36.9 Å². The van der Waals surface area contributed by atoms with Gasteiger partial charge in [-0.05, 0) is 64.1 Å². The van der Waals surface area contributed by atoms with E-state index in [0.29, 0.717) is 13.1 Å². The molecule has 1 aromatic carbocycles. The first-order valence-electron chi connectivity index (χ1n) is 7.88. The summed E-state index contributed by atoms with van der Waals surface area (Å²) in [6.45, 7) is 8.30. The summed E-state index contributed by atoms with van der Waals surface area (Å²) in [5.41, 5.74) is 1.14. The molecule has 1 fully saturated rings. The molecule has 1 aliphatic heterocycles. The molecule has 0 unspecified atom stereocenters. The van der Waals surface area contributed by atoms with E-state index in [4.69, 9.17) is 0 Å². The summed E-state index contributed by atoms with van der Waals surface area (Å²) in [6, 6.07) is 10.5. The molecule has 1 aromatic rings. The topological polar surface area (TPSA) is 58.6 Å². The van der Waals surface area contributed by atoms with Crippen LogP contribution in [0.5, 0.6) is 0 Å². The SMILES string of the molecule is CC(C)(C)OC=O.OCC1(Cc2ccccc2)CCNCC1. The first-order chi connectivity index (χ1) is 10.4. The number of carbonyl (C=O) groups excluding carboxylic acids is 1. The maximum absolute atomic E-state index is 9.60. The molecular weight excluding hydrogens is 278 g/mol. The molecule has 0 bridgehead atoms. The number of carbonyl (C=O) groups is 1. The highest BCUT2D eigenvalue weighted by atomic mass is 16.5.